The highest BCUT2D eigenvalue weighted by molar-refractivity contribution is 8.13. The van der Waals surface area contributed by atoms with E-state index in [1.807, 2.05) is 0 Å². The van der Waals surface area contributed by atoms with Crippen LogP contribution in [0, 0.1) is 0 Å². The Morgan fingerprint density at radius 1 is 1.37 bits per heavy atom. The Morgan fingerprint density at radius 2 is 2.15 bits per heavy atom. The number of thioether (sulfide) groups is 1. The minimum Gasteiger partial charge on any atom is -0.493 e. The molecule has 0 bridgehead atoms. The van der Waals surface area contributed by atoms with E-state index in [0.29, 0.717) is 5.17 Å². The Kier molecular flexibility index (Phi) is 5.08. The number of H-pyrrole nitrogens is 1. The molecule has 27 heavy (non-hydrogen) atoms. The molecule has 1 aliphatic heterocycles. The van der Waals surface area contributed by atoms with Crippen molar-refractivity contribution in [1.29, 1.82) is 0 Å². The maximum atomic E-state index is 13.4. The summed E-state index contributed by atoms with van der Waals surface area (Å²) in [5.74, 6) is -1.42. The number of nitrogens with one attached hydrogen (secondary N) is 3. The Morgan fingerprint density at radius 3 is 2.74 bits per heavy atom. The third kappa shape index (κ3) is 4.05. The zero-order chi connectivity index (χ0) is 19.6. The molecule has 2 aromatic rings. The van der Waals surface area contributed by atoms with E-state index in [1.54, 1.807) is 6.26 Å². The summed E-state index contributed by atoms with van der Waals surface area (Å²) in [5, 5.41) is 24.8. The second kappa shape index (κ2) is 7.31. The lowest BCUT2D eigenvalue weighted by atomic mass is 10.1. The van der Waals surface area contributed by atoms with Crippen LogP contribution in [0.25, 0.3) is 11.3 Å². The van der Waals surface area contributed by atoms with Crippen molar-refractivity contribution in [3.63, 3.8) is 0 Å². The SMILES string of the molecule is CSC1=NC(O)=C(C(=O)Nc2ccc(-c3c[nH]nn3)cc2C(F)(F)F)CN1. The minimum absolute atomic E-state index is 0.0598. The van der Waals surface area contributed by atoms with Gasteiger partial charge in [-0.3, -0.25) is 9.89 Å². The van der Waals surface area contributed by atoms with Gasteiger partial charge < -0.3 is 15.7 Å². The topological polar surface area (TPSA) is 115 Å². The van der Waals surface area contributed by atoms with E-state index < -0.39 is 29.2 Å². The molecule has 12 heteroatoms. The van der Waals surface area contributed by atoms with E-state index in [9.17, 15) is 23.1 Å². The molecular formula is C15H13F3N6O2S. The van der Waals surface area contributed by atoms with Crippen molar-refractivity contribution in [2.24, 2.45) is 4.99 Å². The maximum absolute atomic E-state index is 13.4. The number of aliphatic hydroxyl groups is 1. The number of benzene rings is 1. The second-order valence-electron chi connectivity index (χ2n) is 5.35. The summed E-state index contributed by atoms with van der Waals surface area (Å²) < 4.78 is 40.3. The highest BCUT2D eigenvalue weighted by atomic mass is 32.2. The van der Waals surface area contributed by atoms with Gasteiger partial charge in [-0.05, 0) is 18.4 Å². The number of carbonyl (C=O) groups excluding carboxylic acids is 1. The number of aliphatic hydroxyl groups excluding tert-OH is 1. The molecule has 0 spiro atoms. The van der Waals surface area contributed by atoms with E-state index in [1.165, 1.54) is 24.0 Å². The number of aromatic nitrogens is 3. The first-order chi connectivity index (χ1) is 12.8. The van der Waals surface area contributed by atoms with Crippen LogP contribution < -0.4 is 10.6 Å². The summed E-state index contributed by atoms with van der Waals surface area (Å²) in [6, 6.07) is 3.36. The van der Waals surface area contributed by atoms with E-state index in [4.69, 9.17) is 0 Å². The van der Waals surface area contributed by atoms with Crippen LogP contribution >= 0.6 is 11.8 Å². The highest BCUT2D eigenvalue weighted by Crippen LogP contribution is 2.37. The molecule has 8 nitrogen and oxygen atoms in total. The summed E-state index contributed by atoms with van der Waals surface area (Å²) in [5.41, 5.74) is -1.24. The predicted molar refractivity (Wildman–Crippen MR) is 94.1 cm³/mol. The number of nitrogens with zero attached hydrogens (tertiary/aromatic N) is 3. The number of rotatable bonds is 3. The Bertz CT molecular complexity index is 924. The van der Waals surface area contributed by atoms with Crippen LogP contribution in [-0.4, -0.2) is 44.4 Å². The molecule has 4 N–H and O–H groups in total. The van der Waals surface area contributed by atoms with Gasteiger partial charge in [0.1, 0.15) is 5.69 Å². The molecule has 1 aromatic heterocycles. The van der Waals surface area contributed by atoms with Crippen molar-refractivity contribution in [2.45, 2.75) is 6.18 Å². The summed E-state index contributed by atoms with van der Waals surface area (Å²) in [7, 11) is 0. The number of carbonyl (C=O) groups is 1. The summed E-state index contributed by atoms with van der Waals surface area (Å²) in [6.45, 7) is -0.0598. The Balaban J connectivity index is 1.93. The van der Waals surface area contributed by atoms with Gasteiger partial charge >= 0.3 is 6.18 Å². The van der Waals surface area contributed by atoms with E-state index in [-0.39, 0.29) is 23.4 Å². The zero-order valence-electron chi connectivity index (χ0n) is 13.8. The van der Waals surface area contributed by atoms with Crippen molar-refractivity contribution >= 4 is 28.5 Å². The van der Waals surface area contributed by atoms with E-state index in [2.05, 4.69) is 31.0 Å². The van der Waals surface area contributed by atoms with Crippen molar-refractivity contribution in [3.8, 4) is 11.3 Å². The summed E-state index contributed by atoms with van der Waals surface area (Å²) >= 11 is 1.22. The van der Waals surface area contributed by atoms with Gasteiger partial charge in [0.2, 0.25) is 5.88 Å². The first-order valence-electron chi connectivity index (χ1n) is 7.47. The van der Waals surface area contributed by atoms with Crippen molar-refractivity contribution in [1.82, 2.24) is 20.7 Å². The number of alkyl halides is 3. The molecule has 0 fully saturated rings. The Hall–Kier alpha value is -3.02. The average molecular weight is 398 g/mol. The number of anilines is 1. The number of aliphatic imine (C=N–C) groups is 1. The monoisotopic (exact) mass is 398 g/mol. The van der Waals surface area contributed by atoms with Gasteiger partial charge in [0.25, 0.3) is 5.91 Å². The molecule has 142 valence electrons. The fraction of sp³-hybridized carbons (Fsp3) is 0.200. The van der Waals surface area contributed by atoms with Gasteiger partial charge in [0.05, 0.1) is 23.4 Å². The number of hydrogen-bond donors (Lipinski definition) is 4. The van der Waals surface area contributed by atoms with Crippen LogP contribution in [0.3, 0.4) is 0 Å². The van der Waals surface area contributed by atoms with Crippen LogP contribution in [0.15, 0.2) is 40.8 Å². The van der Waals surface area contributed by atoms with Crippen molar-refractivity contribution in [3.05, 3.63) is 41.4 Å². The molecule has 0 aliphatic carbocycles. The first kappa shape index (κ1) is 18.8. The average Bonchev–Trinajstić information content (AvgIpc) is 3.15. The summed E-state index contributed by atoms with van der Waals surface area (Å²) in [4.78, 5) is 16.1. The van der Waals surface area contributed by atoms with Crippen molar-refractivity contribution in [2.75, 3.05) is 18.1 Å². The van der Waals surface area contributed by atoms with Gasteiger partial charge in [0, 0.05) is 11.8 Å². The minimum atomic E-state index is -4.71. The number of hydrogen-bond acceptors (Lipinski definition) is 7. The molecule has 0 radical (unpaired) electrons. The Labute approximate surface area is 155 Å². The quantitative estimate of drug-likeness (QED) is 0.632. The van der Waals surface area contributed by atoms with E-state index in [0.717, 1.165) is 12.1 Å². The predicted octanol–water partition coefficient (Wildman–Crippen LogP) is 2.52. The summed E-state index contributed by atoms with van der Waals surface area (Å²) in [6.07, 6.45) is -1.64. The van der Waals surface area contributed by atoms with Gasteiger partial charge in [-0.1, -0.05) is 23.0 Å². The molecule has 0 saturated carbocycles. The lowest BCUT2D eigenvalue weighted by Gasteiger charge is -2.18. The molecule has 1 amide bonds. The molecule has 1 aromatic carbocycles. The highest BCUT2D eigenvalue weighted by Gasteiger charge is 2.35. The smallest absolute Gasteiger partial charge is 0.418 e. The fourth-order valence-electron chi connectivity index (χ4n) is 2.33. The molecular weight excluding hydrogens is 385 g/mol. The van der Waals surface area contributed by atoms with Gasteiger partial charge in [0.15, 0.2) is 5.17 Å². The molecule has 0 atom stereocenters. The molecule has 2 heterocycles. The first-order valence-corrected chi connectivity index (χ1v) is 8.70. The van der Waals surface area contributed by atoms with Crippen LogP contribution in [0.2, 0.25) is 0 Å². The lowest BCUT2D eigenvalue weighted by Crippen LogP contribution is -2.33. The maximum Gasteiger partial charge on any atom is 0.418 e. The van der Waals surface area contributed by atoms with Crippen LogP contribution in [0.5, 0.6) is 0 Å². The standard InChI is InChI=1S/C15H13F3N6O2S/c1-27-14-19-5-8(13(26)22-14)12(25)21-10-3-2-7(11-6-20-24-23-11)4-9(10)15(16,17)18/h2-4,6,26H,5H2,1H3,(H,19,22)(H,21,25)(H,20,23,24). The van der Waals surface area contributed by atoms with Crippen LogP contribution in [-0.2, 0) is 11.0 Å². The largest absolute Gasteiger partial charge is 0.493 e. The zero-order valence-corrected chi connectivity index (χ0v) is 14.6. The van der Waals surface area contributed by atoms with Gasteiger partial charge in [-0.15, -0.1) is 5.10 Å². The number of amidine groups is 1. The third-order valence-corrected chi connectivity index (χ3v) is 4.27. The molecule has 3 rings (SSSR count). The molecule has 0 unspecified atom stereocenters. The number of amides is 1. The van der Waals surface area contributed by atoms with Gasteiger partial charge in [-0.25, -0.2) is 0 Å². The fourth-order valence-corrected chi connectivity index (χ4v) is 2.73. The number of halogens is 3. The van der Waals surface area contributed by atoms with E-state index >= 15 is 0 Å². The molecule has 0 saturated heterocycles. The lowest BCUT2D eigenvalue weighted by molar-refractivity contribution is -0.136. The second-order valence-corrected chi connectivity index (χ2v) is 6.14. The van der Waals surface area contributed by atoms with Gasteiger partial charge in [-0.2, -0.15) is 18.2 Å². The van der Waals surface area contributed by atoms with Crippen LogP contribution in [0.4, 0.5) is 18.9 Å². The van der Waals surface area contributed by atoms with Crippen molar-refractivity contribution < 1.29 is 23.1 Å². The number of aromatic amines is 1. The third-order valence-electron chi connectivity index (χ3n) is 3.65. The molecule has 1 aliphatic rings. The normalized spacial score (nSPS) is 14.6. The van der Waals surface area contributed by atoms with Crippen LogP contribution in [0.1, 0.15) is 5.56 Å².